The van der Waals surface area contributed by atoms with E-state index in [0.29, 0.717) is 6.54 Å². The summed E-state index contributed by atoms with van der Waals surface area (Å²) >= 11 is 0. The molecule has 0 radical (unpaired) electrons. The predicted octanol–water partition coefficient (Wildman–Crippen LogP) is 1.28. The summed E-state index contributed by atoms with van der Waals surface area (Å²) in [5.74, 6) is -1.04. The maximum atomic E-state index is 12.1. The van der Waals surface area contributed by atoms with Gasteiger partial charge in [-0.15, -0.1) is 0 Å². The van der Waals surface area contributed by atoms with Gasteiger partial charge in [0.1, 0.15) is 0 Å². The Bertz CT molecular complexity index is 604. The van der Waals surface area contributed by atoms with E-state index >= 15 is 0 Å². The van der Waals surface area contributed by atoms with Crippen LogP contribution in [0.15, 0.2) is 24.3 Å². The molecule has 2 N–H and O–H groups in total. The molecule has 0 bridgehead atoms. The third-order valence-corrected chi connectivity index (χ3v) is 4.95. The van der Waals surface area contributed by atoms with E-state index in [2.05, 4.69) is 44.7 Å². The Morgan fingerprint density at radius 2 is 1.76 bits per heavy atom. The fourth-order valence-electron chi connectivity index (χ4n) is 3.25. The number of anilines is 1. The second-order valence-corrected chi connectivity index (χ2v) is 7.20. The third-order valence-electron chi connectivity index (χ3n) is 4.95. The number of hydrogen-bond acceptors (Lipinski definition) is 4. The van der Waals surface area contributed by atoms with Gasteiger partial charge in [-0.1, -0.05) is 12.1 Å². The Kier molecular flexibility index (Phi) is 5.58. The highest BCUT2D eigenvalue weighted by Gasteiger charge is 2.28. The minimum atomic E-state index is -0.527. The molecule has 1 aromatic rings. The van der Waals surface area contributed by atoms with Crippen molar-refractivity contribution in [2.75, 3.05) is 38.6 Å². The van der Waals surface area contributed by atoms with E-state index in [9.17, 15) is 9.59 Å². The smallest absolute Gasteiger partial charge is 0.309 e. The zero-order valence-electron chi connectivity index (χ0n) is 15.1. The molecule has 1 saturated heterocycles. The van der Waals surface area contributed by atoms with Crippen molar-refractivity contribution in [2.24, 2.45) is 0 Å². The van der Waals surface area contributed by atoms with Crippen LogP contribution in [0, 0.1) is 0 Å². The average Bonchev–Trinajstić information content (AvgIpc) is 3.25. The van der Waals surface area contributed by atoms with Crippen molar-refractivity contribution in [2.45, 2.75) is 37.8 Å². The molecule has 1 aliphatic heterocycles. The Morgan fingerprint density at radius 1 is 1.12 bits per heavy atom. The molecule has 1 atom stereocenters. The van der Waals surface area contributed by atoms with E-state index in [4.69, 9.17) is 0 Å². The maximum absolute atomic E-state index is 12.1. The fraction of sp³-hybridized carbons (Fsp3) is 0.579. The van der Waals surface area contributed by atoms with Crippen molar-refractivity contribution in [3.05, 3.63) is 29.8 Å². The highest BCUT2D eigenvalue weighted by molar-refractivity contribution is 6.35. The van der Waals surface area contributed by atoms with Crippen LogP contribution in [0.2, 0.25) is 0 Å². The summed E-state index contributed by atoms with van der Waals surface area (Å²) in [6.45, 7) is 2.52. The largest absolute Gasteiger partial charge is 0.378 e. The normalized spacial score (nSPS) is 18.6. The zero-order valence-corrected chi connectivity index (χ0v) is 15.1. The lowest BCUT2D eigenvalue weighted by Gasteiger charge is -2.28. The highest BCUT2D eigenvalue weighted by Crippen LogP contribution is 2.26. The molecular weight excluding hydrogens is 316 g/mol. The minimum Gasteiger partial charge on any atom is -0.378 e. The van der Waals surface area contributed by atoms with Crippen LogP contribution in [0.4, 0.5) is 5.69 Å². The maximum Gasteiger partial charge on any atom is 0.309 e. The molecule has 136 valence electrons. The first-order chi connectivity index (χ1) is 12.0. The molecule has 2 amide bonds. The van der Waals surface area contributed by atoms with Gasteiger partial charge in [0.2, 0.25) is 0 Å². The standard InChI is InChI=1S/C19H28N4O2/c1-22(2)16-9-5-14(6-10-16)17(23-11-3-4-12-23)13-20-18(24)19(25)21-15-7-8-15/h5-6,9-10,15,17H,3-4,7-8,11-13H2,1-2H3,(H,20,24)(H,21,25). The van der Waals surface area contributed by atoms with Crippen molar-refractivity contribution < 1.29 is 9.59 Å². The molecular formula is C19H28N4O2. The summed E-state index contributed by atoms with van der Waals surface area (Å²) in [4.78, 5) is 28.4. The molecule has 25 heavy (non-hydrogen) atoms. The summed E-state index contributed by atoms with van der Waals surface area (Å²) in [6, 6.07) is 8.74. The van der Waals surface area contributed by atoms with Gasteiger partial charge in [0, 0.05) is 32.4 Å². The quantitative estimate of drug-likeness (QED) is 0.763. The van der Waals surface area contributed by atoms with E-state index in [1.807, 2.05) is 14.1 Å². The molecule has 0 aromatic heterocycles. The number of nitrogens with zero attached hydrogens (tertiary/aromatic N) is 2. The molecule has 1 aromatic carbocycles. The number of likely N-dealkylation sites (tertiary alicyclic amines) is 1. The van der Waals surface area contributed by atoms with E-state index in [1.54, 1.807) is 0 Å². The molecule has 2 fully saturated rings. The van der Waals surface area contributed by atoms with Gasteiger partial charge < -0.3 is 15.5 Å². The molecule has 6 heteroatoms. The Labute approximate surface area is 149 Å². The second-order valence-electron chi connectivity index (χ2n) is 7.20. The number of benzene rings is 1. The Balaban J connectivity index is 1.64. The number of carbonyl (C=O) groups is 2. The van der Waals surface area contributed by atoms with Crippen LogP contribution in [-0.2, 0) is 9.59 Å². The summed E-state index contributed by atoms with van der Waals surface area (Å²) in [5, 5.41) is 5.56. The van der Waals surface area contributed by atoms with Crippen LogP contribution in [0.5, 0.6) is 0 Å². The van der Waals surface area contributed by atoms with Gasteiger partial charge in [-0.05, 0) is 56.5 Å². The summed E-state index contributed by atoms with van der Waals surface area (Å²) in [7, 11) is 4.04. The van der Waals surface area contributed by atoms with Crippen molar-refractivity contribution in [3.8, 4) is 0 Å². The number of hydrogen-bond donors (Lipinski definition) is 2. The van der Waals surface area contributed by atoms with Gasteiger partial charge in [-0.25, -0.2) is 0 Å². The van der Waals surface area contributed by atoms with Gasteiger partial charge >= 0.3 is 11.8 Å². The van der Waals surface area contributed by atoms with E-state index in [1.165, 1.54) is 18.4 Å². The molecule has 0 spiro atoms. The molecule has 6 nitrogen and oxygen atoms in total. The topological polar surface area (TPSA) is 64.7 Å². The third kappa shape index (κ3) is 4.72. The number of rotatable bonds is 6. The predicted molar refractivity (Wildman–Crippen MR) is 98.5 cm³/mol. The van der Waals surface area contributed by atoms with Crippen molar-refractivity contribution in [1.29, 1.82) is 0 Å². The molecule has 1 unspecified atom stereocenters. The first-order valence-electron chi connectivity index (χ1n) is 9.14. The number of amides is 2. The lowest BCUT2D eigenvalue weighted by Crippen LogP contribution is -2.44. The van der Waals surface area contributed by atoms with Crippen molar-refractivity contribution in [1.82, 2.24) is 15.5 Å². The van der Waals surface area contributed by atoms with E-state index < -0.39 is 11.8 Å². The summed E-state index contributed by atoms with van der Waals surface area (Å²) in [6.07, 6.45) is 4.33. The van der Waals surface area contributed by atoms with Crippen LogP contribution in [-0.4, -0.2) is 56.5 Å². The fourth-order valence-corrected chi connectivity index (χ4v) is 3.25. The lowest BCUT2D eigenvalue weighted by atomic mass is 10.0. The van der Waals surface area contributed by atoms with Crippen molar-refractivity contribution in [3.63, 3.8) is 0 Å². The van der Waals surface area contributed by atoms with Crippen LogP contribution >= 0.6 is 0 Å². The lowest BCUT2D eigenvalue weighted by molar-refractivity contribution is -0.139. The van der Waals surface area contributed by atoms with Crippen LogP contribution in [0.3, 0.4) is 0 Å². The number of carbonyl (C=O) groups excluding carboxylic acids is 2. The summed E-state index contributed by atoms with van der Waals surface area (Å²) in [5.41, 5.74) is 2.33. The van der Waals surface area contributed by atoms with Gasteiger partial charge in [0.15, 0.2) is 0 Å². The average molecular weight is 344 g/mol. The highest BCUT2D eigenvalue weighted by atomic mass is 16.2. The second kappa shape index (κ2) is 7.87. The van der Waals surface area contributed by atoms with Crippen molar-refractivity contribution >= 4 is 17.5 Å². The van der Waals surface area contributed by atoms with Gasteiger partial charge in [0.25, 0.3) is 0 Å². The molecule has 1 heterocycles. The molecule has 2 aliphatic rings. The van der Waals surface area contributed by atoms with Crippen LogP contribution < -0.4 is 15.5 Å². The summed E-state index contributed by atoms with van der Waals surface area (Å²) < 4.78 is 0. The molecule has 1 saturated carbocycles. The zero-order chi connectivity index (χ0) is 17.8. The minimum absolute atomic E-state index is 0.108. The van der Waals surface area contributed by atoms with Crippen LogP contribution in [0.25, 0.3) is 0 Å². The first-order valence-corrected chi connectivity index (χ1v) is 9.14. The van der Waals surface area contributed by atoms with E-state index in [0.717, 1.165) is 31.6 Å². The van der Waals surface area contributed by atoms with Crippen LogP contribution in [0.1, 0.15) is 37.3 Å². The van der Waals surface area contributed by atoms with Gasteiger partial charge in [0.05, 0.1) is 6.04 Å². The Hall–Kier alpha value is -2.08. The molecule has 3 rings (SSSR count). The Morgan fingerprint density at radius 3 is 2.32 bits per heavy atom. The van der Waals surface area contributed by atoms with Gasteiger partial charge in [-0.3, -0.25) is 14.5 Å². The SMILES string of the molecule is CN(C)c1ccc(C(CNC(=O)C(=O)NC2CC2)N2CCCC2)cc1. The van der Waals surface area contributed by atoms with Gasteiger partial charge in [-0.2, -0.15) is 0 Å². The number of nitrogens with one attached hydrogen (secondary N) is 2. The first kappa shape index (κ1) is 17.7. The monoisotopic (exact) mass is 344 g/mol. The van der Waals surface area contributed by atoms with E-state index in [-0.39, 0.29) is 12.1 Å². The molecule has 1 aliphatic carbocycles.